The van der Waals surface area contributed by atoms with Crippen LogP contribution in [0.1, 0.15) is 51.9 Å². The Morgan fingerprint density at radius 2 is 2.14 bits per heavy atom. The minimum absolute atomic E-state index is 0.0851. The number of unbranched alkanes of at least 4 members (excludes halogenated alkanes) is 1. The molecule has 0 radical (unpaired) electrons. The third-order valence-electron chi connectivity index (χ3n) is 5.63. The second kappa shape index (κ2) is 8.31. The Labute approximate surface area is 167 Å². The standard InChI is InChI=1S/C21H25N3O3S/c1-2-3-4-13-5-7-14(8-6-13)19(25)24-20-22-17(12-28-20)15-9-10-16-18(11-15)27-21(26)23-16/h9-14H,2-8H2,1H3,(H,23,26)(H,22,24,25). The molecule has 2 aromatic heterocycles. The summed E-state index contributed by atoms with van der Waals surface area (Å²) >= 11 is 1.42. The van der Waals surface area contributed by atoms with E-state index in [9.17, 15) is 9.59 Å². The normalized spacial score (nSPS) is 19.8. The van der Waals surface area contributed by atoms with Crippen molar-refractivity contribution in [1.29, 1.82) is 0 Å². The summed E-state index contributed by atoms with van der Waals surface area (Å²) < 4.78 is 5.11. The van der Waals surface area contributed by atoms with Gasteiger partial charge >= 0.3 is 5.76 Å². The molecule has 6 nitrogen and oxygen atoms in total. The van der Waals surface area contributed by atoms with Crippen molar-refractivity contribution < 1.29 is 9.21 Å². The lowest BCUT2D eigenvalue weighted by molar-refractivity contribution is -0.121. The predicted octanol–water partition coefficient (Wildman–Crippen LogP) is 5.18. The van der Waals surface area contributed by atoms with E-state index in [0.29, 0.717) is 16.2 Å². The molecule has 7 heteroatoms. The average Bonchev–Trinajstić information content (AvgIpc) is 3.31. The molecule has 1 aromatic carbocycles. The Morgan fingerprint density at radius 3 is 2.93 bits per heavy atom. The fourth-order valence-electron chi connectivity index (χ4n) is 3.98. The molecule has 0 spiro atoms. The monoisotopic (exact) mass is 399 g/mol. The van der Waals surface area contributed by atoms with Crippen LogP contribution in [0.5, 0.6) is 0 Å². The van der Waals surface area contributed by atoms with Crippen LogP contribution in [0.15, 0.2) is 32.8 Å². The highest BCUT2D eigenvalue weighted by molar-refractivity contribution is 7.14. The first-order valence-electron chi connectivity index (χ1n) is 10.0. The molecular weight excluding hydrogens is 374 g/mol. The maximum atomic E-state index is 12.6. The van der Waals surface area contributed by atoms with Gasteiger partial charge in [-0.3, -0.25) is 9.78 Å². The molecule has 1 fully saturated rings. The second-order valence-corrected chi connectivity index (χ2v) is 8.47. The topological polar surface area (TPSA) is 88.0 Å². The predicted molar refractivity (Wildman–Crippen MR) is 112 cm³/mol. The summed E-state index contributed by atoms with van der Waals surface area (Å²) in [5.74, 6) is 0.499. The Balaban J connectivity index is 1.37. The smallest absolute Gasteiger partial charge is 0.408 e. The van der Waals surface area contributed by atoms with Crippen molar-refractivity contribution in [3.63, 3.8) is 0 Å². The minimum atomic E-state index is -0.470. The molecule has 148 valence electrons. The SMILES string of the molecule is CCCCC1CCC(C(=O)Nc2nc(-c3ccc4[nH]c(=O)oc4c3)cs2)CC1. The number of fused-ring (bicyclic) bond motifs is 1. The molecule has 2 N–H and O–H groups in total. The molecule has 1 aliphatic carbocycles. The van der Waals surface area contributed by atoms with Crippen molar-refractivity contribution in [2.75, 3.05) is 5.32 Å². The number of carbonyl (C=O) groups is 1. The molecule has 0 unspecified atom stereocenters. The van der Waals surface area contributed by atoms with Crippen LogP contribution in [0, 0.1) is 11.8 Å². The Kier molecular flexibility index (Phi) is 5.62. The third kappa shape index (κ3) is 4.19. The number of nitrogens with zero attached hydrogens (tertiary/aromatic N) is 1. The number of H-pyrrole nitrogens is 1. The van der Waals surface area contributed by atoms with E-state index in [1.165, 1.54) is 30.6 Å². The molecule has 1 aliphatic rings. The molecule has 3 aromatic rings. The molecule has 0 saturated heterocycles. The minimum Gasteiger partial charge on any atom is -0.408 e. The van der Waals surface area contributed by atoms with Gasteiger partial charge in [0.2, 0.25) is 5.91 Å². The van der Waals surface area contributed by atoms with Gasteiger partial charge in [0, 0.05) is 16.9 Å². The zero-order valence-corrected chi connectivity index (χ0v) is 16.8. The number of benzene rings is 1. The number of nitrogens with one attached hydrogen (secondary N) is 2. The number of anilines is 1. The van der Waals surface area contributed by atoms with Crippen LogP contribution in [0.25, 0.3) is 22.4 Å². The number of oxazole rings is 1. The van der Waals surface area contributed by atoms with Crippen molar-refractivity contribution in [2.45, 2.75) is 51.9 Å². The van der Waals surface area contributed by atoms with Gasteiger partial charge < -0.3 is 9.73 Å². The van der Waals surface area contributed by atoms with Crippen LogP contribution in [-0.4, -0.2) is 15.9 Å². The van der Waals surface area contributed by atoms with Gasteiger partial charge in [-0.15, -0.1) is 11.3 Å². The van der Waals surface area contributed by atoms with Gasteiger partial charge in [0.05, 0.1) is 11.2 Å². The second-order valence-electron chi connectivity index (χ2n) is 7.61. The summed E-state index contributed by atoms with van der Waals surface area (Å²) in [5, 5.41) is 5.51. The summed E-state index contributed by atoms with van der Waals surface area (Å²) in [5.41, 5.74) is 2.77. The molecule has 0 atom stereocenters. The number of amides is 1. The summed E-state index contributed by atoms with van der Waals surface area (Å²) in [6.45, 7) is 2.23. The van der Waals surface area contributed by atoms with Crippen LogP contribution in [0.2, 0.25) is 0 Å². The third-order valence-corrected chi connectivity index (χ3v) is 6.39. The number of thiazole rings is 1. The number of carbonyl (C=O) groups excluding carboxylic acids is 1. The highest BCUT2D eigenvalue weighted by Gasteiger charge is 2.26. The number of hydrogen-bond acceptors (Lipinski definition) is 5. The van der Waals surface area contributed by atoms with Gasteiger partial charge in [-0.2, -0.15) is 0 Å². The molecule has 1 saturated carbocycles. The van der Waals surface area contributed by atoms with Crippen molar-refractivity contribution in [3.05, 3.63) is 34.1 Å². The van der Waals surface area contributed by atoms with Gasteiger partial charge in [0.15, 0.2) is 10.7 Å². The van der Waals surface area contributed by atoms with Gasteiger partial charge in [0.1, 0.15) is 0 Å². The lowest BCUT2D eigenvalue weighted by Gasteiger charge is -2.27. The van der Waals surface area contributed by atoms with Gasteiger partial charge in [0.25, 0.3) is 0 Å². The highest BCUT2D eigenvalue weighted by atomic mass is 32.1. The van der Waals surface area contributed by atoms with Gasteiger partial charge in [-0.1, -0.05) is 32.3 Å². The Morgan fingerprint density at radius 1 is 1.32 bits per heavy atom. The van der Waals surface area contributed by atoms with E-state index in [1.54, 1.807) is 12.1 Å². The first kappa shape index (κ1) is 18.9. The van der Waals surface area contributed by atoms with Crippen LogP contribution in [0.4, 0.5) is 5.13 Å². The number of hydrogen-bond donors (Lipinski definition) is 2. The average molecular weight is 400 g/mol. The van der Waals surface area contributed by atoms with Crippen LogP contribution < -0.4 is 11.1 Å². The van der Waals surface area contributed by atoms with E-state index in [0.717, 1.165) is 42.9 Å². The van der Waals surface area contributed by atoms with Crippen LogP contribution >= 0.6 is 11.3 Å². The van der Waals surface area contributed by atoms with E-state index in [2.05, 4.69) is 22.2 Å². The summed E-state index contributed by atoms with van der Waals surface area (Å²) in [6.07, 6.45) is 8.10. The fraction of sp³-hybridized carbons (Fsp3) is 0.476. The van der Waals surface area contributed by atoms with E-state index in [1.807, 2.05) is 11.4 Å². The molecule has 0 aliphatic heterocycles. The van der Waals surface area contributed by atoms with E-state index in [4.69, 9.17) is 4.42 Å². The number of aromatic amines is 1. The highest BCUT2D eigenvalue weighted by Crippen LogP contribution is 2.33. The molecule has 1 amide bonds. The van der Waals surface area contributed by atoms with Crippen molar-refractivity contribution in [2.24, 2.45) is 11.8 Å². The zero-order valence-electron chi connectivity index (χ0n) is 16.0. The number of rotatable bonds is 6. The lowest BCUT2D eigenvalue weighted by Crippen LogP contribution is -2.27. The molecule has 2 heterocycles. The van der Waals surface area contributed by atoms with E-state index < -0.39 is 5.76 Å². The lowest BCUT2D eigenvalue weighted by atomic mass is 9.79. The zero-order chi connectivity index (χ0) is 19.5. The Bertz CT molecular complexity index is 1010. The molecule has 28 heavy (non-hydrogen) atoms. The molecular formula is C21H25N3O3S. The maximum absolute atomic E-state index is 12.6. The van der Waals surface area contributed by atoms with Crippen LogP contribution in [-0.2, 0) is 4.79 Å². The maximum Gasteiger partial charge on any atom is 0.417 e. The van der Waals surface area contributed by atoms with E-state index in [-0.39, 0.29) is 11.8 Å². The summed E-state index contributed by atoms with van der Waals surface area (Å²) in [4.78, 5) is 31.1. The van der Waals surface area contributed by atoms with Crippen molar-refractivity contribution in [3.8, 4) is 11.3 Å². The van der Waals surface area contributed by atoms with E-state index >= 15 is 0 Å². The van der Waals surface area contributed by atoms with Crippen molar-refractivity contribution >= 4 is 33.5 Å². The fourth-order valence-corrected chi connectivity index (χ4v) is 4.70. The summed E-state index contributed by atoms with van der Waals surface area (Å²) in [7, 11) is 0. The first-order valence-corrected chi connectivity index (χ1v) is 10.9. The molecule has 4 rings (SSSR count). The summed E-state index contributed by atoms with van der Waals surface area (Å²) in [6, 6.07) is 5.46. The Hall–Kier alpha value is -2.41. The van der Waals surface area contributed by atoms with Gasteiger partial charge in [-0.25, -0.2) is 9.78 Å². The van der Waals surface area contributed by atoms with Gasteiger partial charge in [-0.05, 0) is 43.7 Å². The quantitative estimate of drug-likeness (QED) is 0.598. The molecule has 0 bridgehead atoms. The largest absolute Gasteiger partial charge is 0.417 e. The first-order chi connectivity index (χ1) is 13.6. The number of aromatic nitrogens is 2. The van der Waals surface area contributed by atoms with Crippen molar-refractivity contribution in [1.82, 2.24) is 9.97 Å². The van der Waals surface area contributed by atoms with Crippen LogP contribution in [0.3, 0.4) is 0 Å².